The van der Waals surface area contributed by atoms with E-state index >= 15 is 0 Å². The molecule has 1 aromatic rings. The number of carbonyl (C=O) groups excluding carboxylic acids is 1. The van der Waals surface area contributed by atoms with Crippen LogP contribution in [0.4, 0.5) is 0 Å². The van der Waals surface area contributed by atoms with Crippen molar-refractivity contribution >= 4 is 34.2 Å². The van der Waals surface area contributed by atoms with Crippen LogP contribution < -0.4 is 0 Å². The molecule has 5 heteroatoms. The third kappa shape index (κ3) is 5.25. The Hall–Kier alpha value is -1.00. The molecule has 0 unspecified atom stereocenters. The summed E-state index contributed by atoms with van der Waals surface area (Å²) in [5.41, 5.74) is 1.58. The Bertz CT molecular complexity index is 459. The lowest BCUT2D eigenvalue weighted by Crippen LogP contribution is -2.22. The number of hydrogen-bond donors (Lipinski definition) is 0. The fraction of sp³-hybridized carbons (Fsp3) is 0.429. The molecule has 0 radical (unpaired) electrons. The van der Waals surface area contributed by atoms with Gasteiger partial charge in [-0.3, -0.25) is 0 Å². The minimum absolute atomic E-state index is 0.227. The Morgan fingerprint density at radius 1 is 1.32 bits per heavy atom. The summed E-state index contributed by atoms with van der Waals surface area (Å²) in [6.45, 7) is 5.65. The first-order valence-corrected chi connectivity index (χ1v) is 8.32. The predicted octanol–water partition coefficient (Wildman–Crippen LogP) is 3.27. The number of oxime groups is 1. The van der Waals surface area contributed by atoms with Crippen LogP contribution in [-0.2, 0) is 20.5 Å². The first-order chi connectivity index (χ1) is 9.08. The molecular weight excluding hydrogens is 282 g/mol. The van der Waals surface area contributed by atoms with E-state index in [0.29, 0.717) is 5.02 Å². The molecule has 0 bridgehead atoms. The van der Waals surface area contributed by atoms with Crippen LogP contribution in [0, 0.1) is 0 Å². The highest BCUT2D eigenvalue weighted by Crippen LogP contribution is 2.17. The maximum Gasteiger partial charge on any atom is 0.331 e. The molecule has 0 atom stereocenters. The van der Waals surface area contributed by atoms with Gasteiger partial charge < -0.3 is 4.84 Å². The average Bonchev–Trinajstić information content (AvgIpc) is 2.40. The molecule has 1 rings (SSSR count). The van der Waals surface area contributed by atoms with Crippen LogP contribution in [0.1, 0.15) is 26.3 Å². The lowest BCUT2D eigenvalue weighted by molar-refractivity contribution is -0.140. The van der Waals surface area contributed by atoms with Crippen LogP contribution >= 0.6 is 11.6 Å². The third-order valence-electron chi connectivity index (χ3n) is 2.63. The van der Waals surface area contributed by atoms with E-state index in [1.165, 1.54) is 6.92 Å². The molecule has 0 N–H and O–H groups in total. The molecule has 0 aliphatic heterocycles. The smallest absolute Gasteiger partial charge is 0.318 e. The SMILES string of the molecule is CC[S+](CC)CC(=NOC(C)=O)c1ccccc1Cl. The number of benzene rings is 1. The number of hydrogen-bond acceptors (Lipinski definition) is 3. The minimum atomic E-state index is -0.419. The van der Waals surface area contributed by atoms with E-state index < -0.39 is 5.97 Å². The van der Waals surface area contributed by atoms with Crippen LogP contribution in [0.3, 0.4) is 0 Å². The van der Waals surface area contributed by atoms with Gasteiger partial charge in [-0.05, 0) is 30.8 Å². The number of rotatable bonds is 6. The summed E-state index contributed by atoms with van der Waals surface area (Å²) in [5.74, 6) is 2.53. The van der Waals surface area contributed by atoms with Crippen molar-refractivity contribution in [3.05, 3.63) is 34.9 Å². The maximum atomic E-state index is 10.9. The molecular formula is C14H19ClNO2S+. The molecule has 19 heavy (non-hydrogen) atoms. The Morgan fingerprint density at radius 2 is 1.95 bits per heavy atom. The second kappa shape index (κ2) is 8.23. The molecule has 0 saturated heterocycles. The molecule has 104 valence electrons. The number of carbonyl (C=O) groups is 1. The summed E-state index contributed by atoms with van der Waals surface area (Å²) in [5, 5.41) is 4.61. The van der Waals surface area contributed by atoms with Crippen molar-refractivity contribution in [2.45, 2.75) is 20.8 Å². The molecule has 0 saturated carbocycles. The first-order valence-electron chi connectivity index (χ1n) is 6.21. The fourth-order valence-electron chi connectivity index (χ4n) is 1.57. The van der Waals surface area contributed by atoms with Crippen LogP contribution in [0.2, 0.25) is 5.02 Å². The van der Waals surface area contributed by atoms with Gasteiger partial charge in [-0.15, -0.1) is 0 Å². The van der Waals surface area contributed by atoms with E-state index in [0.717, 1.165) is 28.5 Å². The summed E-state index contributed by atoms with van der Waals surface area (Å²) in [4.78, 5) is 15.7. The Balaban J connectivity index is 3.02. The van der Waals surface area contributed by atoms with E-state index in [1.54, 1.807) is 0 Å². The Kier molecular flexibility index (Phi) is 6.95. The van der Waals surface area contributed by atoms with Gasteiger partial charge in [0.1, 0.15) is 17.2 Å². The normalized spacial score (nSPS) is 11.7. The van der Waals surface area contributed by atoms with Gasteiger partial charge in [-0.1, -0.05) is 35.0 Å². The third-order valence-corrected chi connectivity index (χ3v) is 5.27. The summed E-state index contributed by atoms with van der Waals surface area (Å²) in [6.07, 6.45) is 0. The fourth-order valence-corrected chi connectivity index (χ4v) is 3.23. The topological polar surface area (TPSA) is 38.7 Å². The Labute approximate surface area is 122 Å². The zero-order valence-corrected chi connectivity index (χ0v) is 13.1. The van der Waals surface area contributed by atoms with Crippen LogP contribution in [0.5, 0.6) is 0 Å². The van der Waals surface area contributed by atoms with Gasteiger partial charge in [-0.2, -0.15) is 0 Å². The van der Waals surface area contributed by atoms with Crippen molar-refractivity contribution < 1.29 is 9.63 Å². The largest absolute Gasteiger partial charge is 0.331 e. The molecule has 1 aromatic carbocycles. The zero-order valence-electron chi connectivity index (χ0n) is 11.5. The van der Waals surface area contributed by atoms with Crippen LogP contribution in [0.15, 0.2) is 29.4 Å². The van der Waals surface area contributed by atoms with Crippen molar-refractivity contribution in [1.29, 1.82) is 0 Å². The molecule has 0 aliphatic rings. The second-order valence-electron chi connectivity index (χ2n) is 3.93. The van der Waals surface area contributed by atoms with Gasteiger partial charge in [0.25, 0.3) is 0 Å². The monoisotopic (exact) mass is 300 g/mol. The molecule has 0 spiro atoms. The van der Waals surface area contributed by atoms with Crippen LogP contribution in [0.25, 0.3) is 0 Å². The maximum absolute atomic E-state index is 10.9. The van der Waals surface area contributed by atoms with Crippen molar-refractivity contribution in [1.82, 2.24) is 0 Å². The van der Waals surface area contributed by atoms with Crippen molar-refractivity contribution in [2.24, 2.45) is 5.16 Å². The molecule has 0 amide bonds. The highest BCUT2D eigenvalue weighted by molar-refractivity contribution is 7.97. The highest BCUT2D eigenvalue weighted by atomic mass is 35.5. The summed E-state index contributed by atoms with van der Waals surface area (Å²) in [6, 6.07) is 7.49. The summed E-state index contributed by atoms with van der Waals surface area (Å²) >= 11 is 6.19. The van der Waals surface area contributed by atoms with Crippen LogP contribution in [-0.4, -0.2) is 28.9 Å². The highest BCUT2D eigenvalue weighted by Gasteiger charge is 2.20. The Morgan fingerprint density at radius 3 is 2.47 bits per heavy atom. The van der Waals surface area contributed by atoms with E-state index in [1.807, 2.05) is 24.3 Å². The molecule has 0 fully saturated rings. The summed E-state index contributed by atoms with van der Waals surface area (Å²) in [7, 11) is 0.227. The number of nitrogens with zero attached hydrogens (tertiary/aromatic N) is 1. The summed E-state index contributed by atoms with van der Waals surface area (Å²) < 4.78 is 0. The van der Waals surface area contributed by atoms with E-state index in [4.69, 9.17) is 16.4 Å². The molecule has 0 heterocycles. The zero-order chi connectivity index (χ0) is 14.3. The van der Waals surface area contributed by atoms with E-state index in [2.05, 4.69) is 19.0 Å². The van der Waals surface area contributed by atoms with Gasteiger partial charge in [-0.25, -0.2) is 4.79 Å². The van der Waals surface area contributed by atoms with E-state index in [9.17, 15) is 4.79 Å². The van der Waals surface area contributed by atoms with Gasteiger partial charge in [0.2, 0.25) is 0 Å². The van der Waals surface area contributed by atoms with Gasteiger partial charge >= 0.3 is 5.97 Å². The first kappa shape index (κ1) is 16.1. The van der Waals surface area contributed by atoms with Crippen molar-refractivity contribution in [3.63, 3.8) is 0 Å². The number of halogens is 1. The lowest BCUT2D eigenvalue weighted by Gasteiger charge is -2.08. The predicted molar refractivity (Wildman–Crippen MR) is 83.1 cm³/mol. The standard InChI is InChI=1S/C14H19ClNO2S/c1-4-19(5-2)10-14(16-18-11(3)17)12-8-6-7-9-13(12)15/h6-9H,4-5,10H2,1-3H3/q+1. The molecule has 0 aliphatic carbocycles. The second-order valence-corrected chi connectivity index (χ2v) is 7.01. The van der Waals surface area contributed by atoms with Gasteiger partial charge in [0.15, 0.2) is 5.75 Å². The van der Waals surface area contributed by atoms with Crippen molar-refractivity contribution in [3.8, 4) is 0 Å². The molecule has 0 aromatic heterocycles. The van der Waals surface area contributed by atoms with E-state index in [-0.39, 0.29) is 10.9 Å². The van der Waals surface area contributed by atoms with Gasteiger partial charge in [0.05, 0.1) is 0 Å². The quantitative estimate of drug-likeness (QED) is 0.350. The average molecular weight is 301 g/mol. The minimum Gasteiger partial charge on any atom is -0.318 e. The molecule has 3 nitrogen and oxygen atoms in total. The lowest BCUT2D eigenvalue weighted by atomic mass is 10.1. The van der Waals surface area contributed by atoms with Crippen molar-refractivity contribution in [2.75, 3.05) is 17.3 Å². The van der Waals surface area contributed by atoms with Gasteiger partial charge in [0, 0.05) is 17.5 Å².